The first kappa shape index (κ1) is 56.1. The lowest BCUT2D eigenvalue weighted by Gasteiger charge is -2.31. The molecule has 22 nitrogen and oxygen atoms in total. The molecule has 0 rings (SSSR count). The molecule has 0 unspecified atom stereocenters. The first-order valence-corrected chi connectivity index (χ1v) is 20.2. The van der Waals surface area contributed by atoms with Crippen LogP contribution in [0.15, 0.2) is 0 Å². The molecule has 0 heterocycles. The average Bonchev–Trinajstić information content (AvgIpc) is 3.17. The van der Waals surface area contributed by atoms with E-state index in [1.54, 1.807) is 18.7 Å². The van der Waals surface area contributed by atoms with E-state index in [-0.39, 0.29) is 102 Å². The van der Waals surface area contributed by atoms with Crippen LogP contribution in [0.25, 0.3) is 0 Å². The number of ether oxygens (including phenoxy) is 7. The predicted octanol–water partition coefficient (Wildman–Crippen LogP) is -2.67. The maximum Gasteiger partial charge on any atom is 0.303 e. The minimum atomic E-state index is -1.62. The molecular weight excluding hydrogens is 794 g/mol. The maximum atomic E-state index is 13.0. The SMILES string of the molecule is CC(=O)CCOCCOCCNC(=O)CN(CCOCCOCCOCCN)CC(=O)NCCOCCOCCC(=O)N[C@](C)(CCC(=O)O)C(=O)N[C@H](C(N)=O)C(C)C. The Hall–Kier alpha value is -3.87. The number of ketones is 1. The Morgan fingerprint density at radius 1 is 0.633 bits per heavy atom. The summed E-state index contributed by atoms with van der Waals surface area (Å²) in [4.78, 5) is 86.6. The van der Waals surface area contributed by atoms with Crippen molar-refractivity contribution in [2.45, 2.75) is 65.0 Å². The molecule has 0 aliphatic rings. The van der Waals surface area contributed by atoms with Crippen molar-refractivity contribution < 1.29 is 71.8 Å². The number of carbonyl (C=O) groups is 7. The molecule has 0 fully saturated rings. The number of hydrogen-bond acceptors (Lipinski definition) is 16. The zero-order chi connectivity index (χ0) is 45.0. The lowest BCUT2D eigenvalue weighted by atomic mass is 9.92. The van der Waals surface area contributed by atoms with Crippen LogP contribution in [0.5, 0.6) is 0 Å². The second-order valence-electron chi connectivity index (χ2n) is 14.1. The number of rotatable bonds is 41. The van der Waals surface area contributed by atoms with Gasteiger partial charge in [0.25, 0.3) is 0 Å². The minimum absolute atomic E-state index is 0.0199. The first-order valence-electron chi connectivity index (χ1n) is 20.2. The first-order chi connectivity index (χ1) is 28.6. The number of aliphatic carboxylic acids is 1. The van der Waals surface area contributed by atoms with E-state index in [4.69, 9.17) is 49.7 Å². The molecule has 0 aliphatic heterocycles. The van der Waals surface area contributed by atoms with Gasteiger partial charge >= 0.3 is 5.97 Å². The van der Waals surface area contributed by atoms with Crippen LogP contribution in [0.4, 0.5) is 0 Å². The standard InChI is InChI=1S/C38H71N7O15/c1-29(2)35(36(40)52)43-37(53)38(4,8-5-34(50)51)44-31(47)7-14-55-20-23-58-17-11-42-33(49)28-45(12-18-59-24-26-60-25-21-56-15-9-39)27-32(48)41-10-16-57-22-19-54-13-6-30(3)46/h29,35H,5-28,39H2,1-4H3,(H2,40,52)(H,41,48)(H,42,49)(H,43,53)(H,44,47)(H,50,51)/t35-,38+/m0/s1. The van der Waals surface area contributed by atoms with Gasteiger partial charge in [0, 0.05) is 45.4 Å². The summed E-state index contributed by atoms with van der Waals surface area (Å²) in [6, 6.07) is -1.01. The second kappa shape index (κ2) is 35.8. The molecule has 0 radical (unpaired) electrons. The minimum Gasteiger partial charge on any atom is -0.481 e. The van der Waals surface area contributed by atoms with Crippen molar-refractivity contribution in [2.75, 3.05) is 132 Å². The lowest BCUT2D eigenvalue weighted by Crippen LogP contribution is -2.61. The van der Waals surface area contributed by atoms with E-state index in [1.807, 2.05) is 0 Å². The molecule has 60 heavy (non-hydrogen) atoms. The number of nitrogens with one attached hydrogen (secondary N) is 4. The van der Waals surface area contributed by atoms with Gasteiger partial charge in [-0.2, -0.15) is 0 Å². The van der Waals surface area contributed by atoms with Crippen molar-refractivity contribution in [1.82, 2.24) is 26.2 Å². The fraction of sp³-hybridized carbons (Fsp3) is 0.816. The Morgan fingerprint density at radius 3 is 1.53 bits per heavy atom. The topological polar surface area (TPSA) is 308 Å². The molecule has 0 aliphatic carbocycles. The molecule has 0 aromatic rings. The molecular formula is C38H71N7O15. The summed E-state index contributed by atoms with van der Waals surface area (Å²) in [6.07, 6.45) is -0.421. The van der Waals surface area contributed by atoms with Gasteiger partial charge in [0.2, 0.25) is 29.5 Å². The Kier molecular flexibility index (Phi) is 33.5. The van der Waals surface area contributed by atoms with E-state index in [0.29, 0.717) is 72.4 Å². The van der Waals surface area contributed by atoms with E-state index in [0.717, 1.165) is 0 Å². The number of amides is 5. The molecule has 348 valence electrons. The second-order valence-corrected chi connectivity index (χ2v) is 14.1. The Morgan fingerprint density at radius 2 is 1.08 bits per heavy atom. The Balaban J connectivity index is 4.62. The molecule has 0 aromatic carbocycles. The third-order valence-corrected chi connectivity index (χ3v) is 8.26. The molecule has 2 atom stereocenters. The predicted molar refractivity (Wildman–Crippen MR) is 217 cm³/mol. The smallest absolute Gasteiger partial charge is 0.303 e. The third-order valence-electron chi connectivity index (χ3n) is 8.26. The molecule has 0 bridgehead atoms. The van der Waals surface area contributed by atoms with E-state index < -0.39 is 41.7 Å². The van der Waals surface area contributed by atoms with Gasteiger partial charge in [-0.25, -0.2) is 0 Å². The van der Waals surface area contributed by atoms with Gasteiger partial charge < -0.3 is 71.0 Å². The largest absolute Gasteiger partial charge is 0.481 e. The van der Waals surface area contributed by atoms with Crippen molar-refractivity contribution in [2.24, 2.45) is 17.4 Å². The van der Waals surface area contributed by atoms with Crippen molar-refractivity contribution in [3.8, 4) is 0 Å². The molecule has 9 N–H and O–H groups in total. The molecule has 0 saturated heterocycles. The Bertz CT molecular complexity index is 1250. The van der Waals surface area contributed by atoms with E-state index in [1.165, 1.54) is 13.8 Å². The third kappa shape index (κ3) is 32.0. The fourth-order valence-corrected chi connectivity index (χ4v) is 4.93. The highest BCUT2D eigenvalue weighted by Gasteiger charge is 2.37. The highest BCUT2D eigenvalue weighted by molar-refractivity contribution is 5.94. The van der Waals surface area contributed by atoms with Crippen LogP contribution in [0.1, 0.15) is 53.4 Å². The van der Waals surface area contributed by atoms with Crippen LogP contribution in [0.2, 0.25) is 0 Å². The monoisotopic (exact) mass is 866 g/mol. The van der Waals surface area contributed by atoms with Gasteiger partial charge in [0.1, 0.15) is 17.4 Å². The molecule has 0 aromatic heterocycles. The zero-order valence-electron chi connectivity index (χ0n) is 35.9. The van der Waals surface area contributed by atoms with E-state index in [9.17, 15) is 33.6 Å². The number of Topliss-reactive ketones (excluding diaryl/α,β-unsaturated/α-hetero) is 1. The van der Waals surface area contributed by atoms with Crippen LogP contribution in [0, 0.1) is 5.92 Å². The van der Waals surface area contributed by atoms with Gasteiger partial charge in [-0.05, 0) is 26.2 Å². The molecule has 0 spiro atoms. The van der Waals surface area contributed by atoms with Crippen LogP contribution in [0.3, 0.4) is 0 Å². The molecule has 5 amide bonds. The summed E-state index contributed by atoms with van der Waals surface area (Å²) in [5.74, 6) is -4.14. The number of hydrogen-bond donors (Lipinski definition) is 7. The summed E-state index contributed by atoms with van der Waals surface area (Å²) in [5.41, 5.74) is 9.14. The number of carboxylic acids is 1. The highest BCUT2D eigenvalue weighted by Crippen LogP contribution is 2.15. The van der Waals surface area contributed by atoms with Crippen LogP contribution < -0.4 is 32.7 Å². The van der Waals surface area contributed by atoms with Gasteiger partial charge in [-0.1, -0.05) is 13.8 Å². The normalized spacial score (nSPS) is 12.8. The number of nitrogens with two attached hydrogens (primary N) is 2. The van der Waals surface area contributed by atoms with Crippen molar-refractivity contribution in [3.05, 3.63) is 0 Å². The number of nitrogens with zero attached hydrogens (tertiary/aromatic N) is 1. The van der Waals surface area contributed by atoms with Gasteiger partial charge in [-0.3, -0.25) is 38.5 Å². The van der Waals surface area contributed by atoms with Crippen molar-refractivity contribution in [1.29, 1.82) is 0 Å². The van der Waals surface area contributed by atoms with Gasteiger partial charge in [-0.15, -0.1) is 0 Å². The van der Waals surface area contributed by atoms with E-state index in [2.05, 4.69) is 21.3 Å². The maximum absolute atomic E-state index is 13.0. The zero-order valence-corrected chi connectivity index (χ0v) is 35.9. The van der Waals surface area contributed by atoms with Crippen LogP contribution >= 0.6 is 0 Å². The summed E-state index contributed by atoms with van der Waals surface area (Å²) in [6.45, 7) is 11.2. The quantitative estimate of drug-likeness (QED) is 0.0308. The number of carboxylic acid groups (broad SMARTS) is 1. The summed E-state index contributed by atoms with van der Waals surface area (Å²) >= 11 is 0. The van der Waals surface area contributed by atoms with Gasteiger partial charge in [0.15, 0.2) is 0 Å². The lowest BCUT2D eigenvalue weighted by molar-refractivity contribution is -0.140. The summed E-state index contributed by atoms with van der Waals surface area (Å²) in [5, 5.41) is 19.7. The van der Waals surface area contributed by atoms with Gasteiger partial charge in [0.05, 0.1) is 106 Å². The number of primary amides is 1. The molecule has 22 heteroatoms. The summed E-state index contributed by atoms with van der Waals surface area (Å²) in [7, 11) is 0. The van der Waals surface area contributed by atoms with Crippen LogP contribution in [-0.2, 0) is 66.7 Å². The molecule has 0 saturated carbocycles. The van der Waals surface area contributed by atoms with E-state index >= 15 is 0 Å². The Labute approximate surface area is 353 Å². The average molecular weight is 866 g/mol. The highest BCUT2D eigenvalue weighted by atomic mass is 16.5. The number of carbonyl (C=O) groups excluding carboxylic acids is 6. The van der Waals surface area contributed by atoms with Crippen molar-refractivity contribution in [3.63, 3.8) is 0 Å². The summed E-state index contributed by atoms with van der Waals surface area (Å²) < 4.78 is 38.0. The van der Waals surface area contributed by atoms with Crippen LogP contribution in [-0.4, -0.2) is 195 Å². The fourth-order valence-electron chi connectivity index (χ4n) is 4.93. The van der Waals surface area contributed by atoms with Crippen molar-refractivity contribution >= 4 is 41.3 Å².